The number of allylic oxidation sites excluding steroid dienone is 2. The molecule has 0 spiro atoms. The fourth-order valence-electron chi connectivity index (χ4n) is 3.83. The highest BCUT2D eigenvalue weighted by atomic mass is 16.6. The molecule has 1 saturated carbocycles. The van der Waals surface area contributed by atoms with Crippen LogP contribution in [0.3, 0.4) is 0 Å². The van der Waals surface area contributed by atoms with E-state index in [9.17, 15) is 20.1 Å². The van der Waals surface area contributed by atoms with Crippen LogP contribution in [0.1, 0.15) is 40.5 Å². The van der Waals surface area contributed by atoms with Gasteiger partial charge in [0.1, 0.15) is 11.7 Å². The monoisotopic (exact) mass is 310 g/mol. The average Bonchev–Trinajstić information content (AvgIpc) is 2.41. The predicted octanol–water partition coefficient (Wildman–Crippen LogP) is 1.32. The van der Waals surface area contributed by atoms with Gasteiger partial charge in [0.15, 0.2) is 0 Å². The second-order valence-corrected chi connectivity index (χ2v) is 7.38. The van der Waals surface area contributed by atoms with Gasteiger partial charge in [-0.2, -0.15) is 0 Å². The third-order valence-electron chi connectivity index (χ3n) is 5.12. The van der Waals surface area contributed by atoms with Gasteiger partial charge in [-0.1, -0.05) is 32.1 Å². The lowest BCUT2D eigenvalue weighted by atomic mass is 9.47. The number of fused-ring (bicyclic) bond motifs is 1. The molecule has 3 N–H and O–H groups in total. The molecule has 4 atom stereocenters. The first-order chi connectivity index (χ1) is 10.0. The average molecular weight is 310 g/mol. The third-order valence-corrected chi connectivity index (χ3v) is 5.12. The molecule has 0 radical (unpaired) electrons. The molecule has 2 rings (SSSR count). The predicted molar refractivity (Wildman–Crippen MR) is 81.9 cm³/mol. The molecule has 0 aromatic rings. The van der Waals surface area contributed by atoms with Crippen LogP contribution < -0.4 is 0 Å². The van der Waals surface area contributed by atoms with Crippen LogP contribution in [-0.4, -0.2) is 45.2 Å². The number of carbonyl (C=O) groups is 1. The Kier molecular flexibility index (Phi) is 4.28. The SMILES string of the molecule is CC(=O)OC1CC(C)(O)C=CC=C(CO)C2CC(C)(C)C12O. The molecule has 22 heavy (non-hydrogen) atoms. The summed E-state index contributed by atoms with van der Waals surface area (Å²) in [6, 6.07) is 0. The lowest BCUT2D eigenvalue weighted by Gasteiger charge is -2.62. The number of ether oxygens (including phenoxy) is 1. The van der Waals surface area contributed by atoms with Gasteiger partial charge in [0.25, 0.3) is 0 Å². The molecule has 0 bridgehead atoms. The molecule has 5 heteroatoms. The molecule has 0 aliphatic heterocycles. The largest absolute Gasteiger partial charge is 0.459 e. The summed E-state index contributed by atoms with van der Waals surface area (Å²) in [6.45, 7) is 6.55. The number of carbonyl (C=O) groups excluding carboxylic acids is 1. The van der Waals surface area contributed by atoms with Crippen LogP contribution >= 0.6 is 0 Å². The minimum atomic E-state index is -1.32. The maximum Gasteiger partial charge on any atom is 0.303 e. The summed E-state index contributed by atoms with van der Waals surface area (Å²) in [5, 5.41) is 31.5. The van der Waals surface area contributed by atoms with Crippen LogP contribution in [0.2, 0.25) is 0 Å². The Hall–Kier alpha value is -1.17. The maximum absolute atomic E-state index is 11.5. The molecule has 0 saturated heterocycles. The highest BCUT2D eigenvalue weighted by Crippen LogP contribution is 2.60. The Bertz CT molecular complexity index is 517. The van der Waals surface area contributed by atoms with Gasteiger partial charge >= 0.3 is 5.97 Å². The quantitative estimate of drug-likeness (QED) is 0.670. The Morgan fingerprint density at radius 2 is 1.95 bits per heavy atom. The van der Waals surface area contributed by atoms with E-state index in [-0.39, 0.29) is 18.9 Å². The number of hydrogen-bond acceptors (Lipinski definition) is 5. The smallest absolute Gasteiger partial charge is 0.303 e. The van der Waals surface area contributed by atoms with Crippen LogP contribution in [0.4, 0.5) is 0 Å². The third kappa shape index (κ3) is 2.73. The van der Waals surface area contributed by atoms with Crippen molar-refractivity contribution in [3.05, 3.63) is 23.8 Å². The Morgan fingerprint density at radius 3 is 2.45 bits per heavy atom. The number of rotatable bonds is 2. The summed E-state index contributed by atoms with van der Waals surface area (Å²) in [7, 11) is 0. The highest BCUT2D eigenvalue weighted by Gasteiger charge is 2.66. The molecule has 1 fully saturated rings. The molecular weight excluding hydrogens is 284 g/mol. The van der Waals surface area contributed by atoms with Crippen molar-refractivity contribution in [2.24, 2.45) is 11.3 Å². The Labute approximate surface area is 131 Å². The van der Waals surface area contributed by atoms with Crippen molar-refractivity contribution in [3.63, 3.8) is 0 Å². The van der Waals surface area contributed by atoms with Crippen LogP contribution in [0.25, 0.3) is 0 Å². The van der Waals surface area contributed by atoms with E-state index in [1.165, 1.54) is 6.92 Å². The van der Waals surface area contributed by atoms with E-state index in [0.717, 1.165) is 0 Å². The zero-order valence-corrected chi connectivity index (χ0v) is 13.7. The van der Waals surface area contributed by atoms with Crippen molar-refractivity contribution in [3.8, 4) is 0 Å². The first-order valence-electron chi connectivity index (χ1n) is 7.64. The molecular formula is C17H26O5. The van der Waals surface area contributed by atoms with Gasteiger partial charge < -0.3 is 20.1 Å². The van der Waals surface area contributed by atoms with E-state index in [1.807, 2.05) is 13.8 Å². The molecule has 4 unspecified atom stereocenters. The molecule has 124 valence electrons. The van der Waals surface area contributed by atoms with Crippen LogP contribution in [0.5, 0.6) is 0 Å². The zero-order chi connectivity index (χ0) is 16.8. The van der Waals surface area contributed by atoms with Crippen molar-refractivity contribution in [2.75, 3.05) is 6.61 Å². The van der Waals surface area contributed by atoms with E-state index in [4.69, 9.17) is 4.74 Å². The summed E-state index contributed by atoms with van der Waals surface area (Å²) >= 11 is 0. The second kappa shape index (κ2) is 5.48. The van der Waals surface area contributed by atoms with Crippen molar-refractivity contribution >= 4 is 5.97 Å². The second-order valence-electron chi connectivity index (χ2n) is 7.38. The molecule has 0 heterocycles. The van der Waals surface area contributed by atoms with Gasteiger partial charge in [0.05, 0.1) is 12.2 Å². The summed E-state index contributed by atoms with van der Waals surface area (Å²) in [5.74, 6) is -0.788. The maximum atomic E-state index is 11.5. The fraction of sp³-hybridized carbons (Fsp3) is 0.706. The van der Waals surface area contributed by atoms with E-state index < -0.39 is 28.7 Å². The van der Waals surface area contributed by atoms with E-state index in [0.29, 0.717) is 12.0 Å². The number of aliphatic hydroxyl groups excluding tert-OH is 1. The van der Waals surface area contributed by atoms with Crippen LogP contribution in [-0.2, 0) is 9.53 Å². The summed E-state index contributed by atoms with van der Waals surface area (Å²) in [4.78, 5) is 11.5. The summed E-state index contributed by atoms with van der Waals surface area (Å²) in [6.07, 6.45) is 4.96. The van der Waals surface area contributed by atoms with Gasteiger partial charge in [0.2, 0.25) is 0 Å². The van der Waals surface area contributed by atoms with Crippen LogP contribution in [0.15, 0.2) is 23.8 Å². The molecule has 2 aliphatic carbocycles. The Morgan fingerprint density at radius 1 is 1.32 bits per heavy atom. The van der Waals surface area contributed by atoms with Crippen molar-refractivity contribution < 1.29 is 24.9 Å². The normalized spacial score (nSPS) is 40.4. The van der Waals surface area contributed by atoms with Crippen molar-refractivity contribution in [2.45, 2.75) is 57.8 Å². The summed E-state index contributed by atoms with van der Waals surface area (Å²) in [5.41, 5.74) is -2.32. The first kappa shape index (κ1) is 17.2. The van der Waals surface area contributed by atoms with Gasteiger partial charge in [-0.25, -0.2) is 0 Å². The Balaban J connectivity index is 2.51. The van der Waals surface area contributed by atoms with E-state index in [2.05, 4.69) is 0 Å². The van der Waals surface area contributed by atoms with Gasteiger partial charge in [0, 0.05) is 19.3 Å². The molecule has 0 aromatic heterocycles. The lowest BCUT2D eigenvalue weighted by molar-refractivity contribution is -0.256. The molecule has 0 aromatic carbocycles. The molecule has 0 amide bonds. The number of esters is 1. The zero-order valence-electron chi connectivity index (χ0n) is 13.7. The number of aliphatic hydroxyl groups is 3. The molecule has 2 aliphatic rings. The van der Waals surface area contributed by atoms with Crippen molar-refractivity contribution in [1.82, 2.24) is 0 Å². The first-order valence-corrected chi connectivity index (χ1v) is 7.64. The lowest BCUT2D eigenvalue weighted by Crippen LogP contribution is -2.69. The highest BCUT2D eigenvalue weighted by molar-refractivity contribution is 5.66. The van der Waals surface area contributed by atoms with E-state index in [1.54, 1.807) is 25.2 Å². The molecule has 5 nitrogen and oxygen atoms in total. The van der Waals surface area contributed by atoms with Crippen molar-refractivity contribution in [1.29, 1.82) is 0 Å². The minimum absolute atomic E-state index is 0.103. The van der Waals surface area contributed by atoms with Gasteiger partial charge in [-0.3, -0.25) is 4.79 Å². The van der Waals surface area contributed by atoms with Gasteiger partial charge in [-0.15, -0.1) is 0 Å². The van der Waals surface area contributed by atoms with Crippen LogP contribution in [0, 0.1) is 11.3 Å². The standard InChI is InChI=1S/C17H26O5/c1-11(19)22-14-9-16(4,20)7-5-6-12(10-18)13-8-15(2,3)17(13,14)21/h5-7,13-14,18,20-21H,8-10H2,1-4H3. The minimum Gasteiger partial charge on any atom is -0.459 e. The van der Waals surface area contributed by atoms with E-state index >= 15 is 0 Å². The summed E-state index contributed by atoms with van der Waals surface area (Å²) < 4.78 is 5.39. The van der Waals surface area contributed by atoms with Gasteiger partial charge in [-0.05, 0) is 24.3 Å². The topological polar surface area (TPSA) is 87.0 Å². The number of hydrogen-bond donors (Lipinski definition) is 3. The fourth-order valence-corrected chi connectivity index (χ4v) is 3.83.